The van der Waals surface area contributed by atoms with Crippen LogP contribution in [0.3, 0.4) is 0 Å². The molecular formula is C16H23ClN4O3. The fraction of sp³-hybridized carbons (Fsp3) is 0.438. The van der Waals surface area contributed by atoms with Crippen LogP contribution in [0.4, 0.5) is 5.69 Å². The van der Waals surface area contributed by atoms with Gasteiger partial charge in [-0.2, -0.15) is 0 Å². The number of carbonyl (C=O) groups is 3. The fourth-order valence-corrected chi connectivity index (χ4v) is 2.72. The van der Waals surface area contributed by atoms with Gasteiger partial charge in [-0.1, -0.05) is 12.5 Å². The zero-order valence-corrected chi connectivity index (χ0v) is 14.1. The Morgan fingerprint density at radius 2 is 1.96 bits per heavy atom. The van der Waals surface area contributed by atoms with Crippen LogP contribution in [0.1, 0.15) is 36.0 Å². The van der Waals surface area contributed by atoms with E-state index >= 15 is 0 Å². The van der Waals surface area contributed by atoms with Crippen LogP contribution in [0.15, 0.2) is 24.3 Å². The lowest BCUT2D eigenvalue weighted by molar-refractivity contribution is -0.121. The maximum absolute atomic E-state index is 12.3. The summed E-state index contributed by atoms with van der Waals surface area (Å²) < 4.78 is 0. The smallest absolute Gasteiger partial charge is 0.251 e. The van der Waals surface area contributed by atoms with Crippen LogP contribution in [0.25, 0.3) is 0 Å². The van der Waals surface area contributed by atoms with Gasteiger partial charge in [0.15, 0.2) is 0 Å². The van der Waals surface area contributed by atoms with Crippen molar-refractivity contribution in [3.05, 3.63) is 29.8 Å². The minimum absolute atomic E-state index is 0. The predicted octanol–water partition coefficient (Wildman–Crippen LogP) is 0.779. The highest BCUT2D eigenvalue weighted by Gasteiger charge is 2.25. The van der Waals surface area contributed by atoms with Crippen molar-refractivity contribution in [2.75, 3.05) is 11.9 Å². The molecule has 2 unspecified atom stereocenters. The molecule has 0 spiro atoms. The van der Waals surface area contributed by atoms with E-state index < -0.39 is 11.8 Å². The van der Waals surface area contributed by atoms with Crippen molar-refractivity contribution >= 4 is 35.8 Å². The molecule has 7 nitrogen and oxygen atoms in total. The van der Waals surface area contributed by atoms with Crippen molar-refractivity contribution < 1.29 is 14.4 Å². The molecule has 8 heteroatoms. The summed E-state index contributed by atoms with van der Waals surface area (Å²) in [6, 6.07) is 6.62. The highest BCUT2D eigenvalue weighted by atomic mass is 35.5. The number of nitrogens with one attached hydrogen (secondary N) is 2. The average Bonchev–Trinajstić information content (AvgIpc) is 2.52. The first-order valence-corrected chi connectivity index (χ1v) is 7.68. The number of primary amides is 1. The summed E-state index contributed by atoms with van der Waals surface area (Å²) in [5.74, 6) is -1.20. The first-order chi connectivity index (χ1) is 11.0. The summed E-state index contributed by atoms with van der Waals surface area (Å²) in [5.41, 5.74) is 11.8. The highest BCUT2D eigenvalue weighted by molar-refractivity contribution is 5.98. The number of amides is 3. The van der Waals surface area contributed by atoms with Gasteiger partial charge >= 0.3 is 0 Å². The molecule has 6 N–H and O–H groups in total. The molecule has 1 saturated carbocycles. The number of rotatable bonds is 5. The quantitative estimate of drug-likeness (QED) is 0.623. The fourth-order valence-electron chi connectivity index (χ4n) is 2.72. The Hall–Kier alpha value is -2.12. The lowest BCUT2D eigenvalue weighted by Crippen LogP contribution is -2.34. The molecule has 0 radical (unpaired) electrons. The van der Waals surface area contributed by atoms with Crippen molar-refractivity contribution in [1.82, 2.24) is 5.32 Å². The lowest BCUT2D eigenvalue weighted by Gasteiger charge is -2.25. The molecule has 1 aromatic carbocycles. The Bertz CT molecular complexity index is 609. The van der Waals surface area contributed by atoms with Crippen LogP contribution >= 0.6 is 12.4 Å². The highest BCUT2D eigenvalue weighted by Crippen LogP contribution is 2.24. The molecule has 1 aliphatic carbocycles. The van der Waals surface area contributed by atoms with E-state index in [-0.39, 0.29) is 36.8 Å². The number of halogens is 1. The van der Waals surface area contributed by atoms with Gasteiger partial charge < -0.3 is 22.1 Å². The largest absolute Gasteiger partial charge is 0.368 e. The SMILES string of the molecule is Cl.NC(=O)CNC(=O)c1cccc(NC(=O)C2CCCC(N)C2)c1. The van der Waals surface area contributed by atoms with Crippen LogP contribution in [0.2, 0.25) is 0 Å². The topological polar surface area (TPSA) is 127 Å². The molecule has 2 atom stereocenters. The molecule has 1 aromatic rings. The lowest BCUT2D eigenvalue weighted by atomic mass is 9.85. The maximum atomic E-state index is 12.3. The molecule has 1 aliphatic rings. The van der Waals surface area contributed by atoms with Gasteiger partial charge in [0.05, 0.1) is 6.54 Å². The van der Waals surface area contributed by atoms with Crippen LogP contribution < -0.4 is 22.1 Å². The Balaban J connectivity index is 0.00000288. The molecule has 0 heterocycles. The maximum Gasteiger partial charge on any atom is 0.251 e. The van der Waals surface area contributed by atoms with Gasteiger partial charge in [0.25, 0.3) is 5.91 Å². The van der Waals surface area contributed by atoms with Gasteiger partial charge in [0.1, 0.15) is 0 Å². The summed E-state index contributed by atoms with van der Waals surface area (Å²) in [6.07, 6.45) is 3.43. The molecule has 132 valence electrons. The number of anilines is 1. The van der Waals surface area contributed by atoms with Crippen molar-refractivity contribution in [2.24, 2.45) is 17.4 Å². The molecule has 24 heavy (non-hydrogen) atoms. The van der Waals surface area contributed by atoms with E-state index in [0.29, 0.717) is 17.7 Å². The van der Waals surface area contributed by atoms with Crippen LogP contribution in [-0.2, 0) is 9.59 Å². The molecule has 0 aromatic heterocycles. The van der Waals surface area contributed by atoms with Crippen molar-refractivity contribution in [1.29, 1.82) is 0 Å². The first-order valence-electron chi connectivity index (χ1n) is 7.68. The van der Waals surface area contributed by atoms with Crippen LogP contribution in [0, 0.1) is 5.92 Å². The van der Waals surface area contributed by atoms with E-state index in [9.17, 15) is 14.4 Å². The van der Waals surface area contributed by atoms with Gasteiger partial charge in [-0.15, -0.1) is 12.4 Å². The third-order valence-corrected chi connectivity index (χ3v) is 3.90. The van der Waals surface area contributed by atoms with E-state index in [1.54, 1.807) is 24.3 Å². The number of hydrogen-bond acceptors (Lipinski definition) is 4. The third-order valence-electron chi connectivity index (χ3n) is 3.90. The van der Waals surface area contributed by atoms with Crippen molar-refractivity contribution in [3.8, 4) is 0 Å². The van der Waals surface area contributed by atoms with Gasteiger partial charge in [0, 0.05) is 23.2 Å². The number of carbonyl (C=O) groups excluding carboxylic acids is 3. The number of benzene rings is 1. The van der Waals surface area contributed by atoms with E-state index in [1.165, 1.54) is 0 Å². The average molecular weight is 355 g/mol. The second-order valence-electron chi connectivity index (χ2n) is 5.84. The third kappa shape index (κ3) is 5.82. The van der Waals surface area contributed by atoms with Crippen molar-refractivity contribution in [3.63, 3.8) is 0 Å². The summed E-state index contributed by atoms with van der Waals surface area (Å²) in [7, 11) is 0. The second-order valence-corrected chi connectivity index (χ2v) is 5.84. The van der Waals surface area contributed by atoms with Crippen LogP contribution in [0.5, 0.6) is 0 Å². The minimum atomic E-state index is -0.614. The van der Waals surface area contributed by atoms with E-state index in [4.69, 9.17) is 11.5 Å². The van der Waals surface area contributed by atoms with Crippen LogP contribution in [-0.4, -0.2) is 30.3 Å². The summed E-state index contributed by atoms with van der Waals surface area (Å²) in [6.45, 7) is -0.227. The predicted molar refractivity (Wildman–Crippen MR) is 93.8 cm³/mol. The molecular weight excluding hydrogens is 332 g/mol. The van der Waals surface area contributed by atoms with E-state index in [0.717, 1.165) is 19.3 Å². The Morgan fingerprint density at radius 3 is 2.62 bits per heavy atom. The van der Waals surface area contributed by atoms with E-state index in [2.05, 4.69) is 10.6 Å². The summed E-state index contributed by atoms with van der Waals surface area (Å²) >= 11 is 0. The summed E-state index contributed by atoms with van der Waals surface area (Å²) in [5, 5.41) is 5.23. The second kappa shape index (κ2) is 9.24. The Morgan fingerprint density at radius 1 is 1.21 bits per heavy atom. The Kier molecular flexibility index (Phi) is 7.67. The van der Waals surface area contributed by atoms with Gasteiger partial charge in [0.2, 0.25) is 11.8 Å². The molecule has 0 saturated heterocycles. The summed E-state index contributed by atoms with van der Waals surface area (Å²) in [4.78, 5) is 34.9. The number of nitrogens with two attached hydrogens (primary N) is 2. The zero-order chi connectivity index (χ0) is 16.8. The Labute approximate surface area is 146 Å². The molecule has 2 rings (SSSR count). The zero-order valence-electron chi connectivity index (χ0n) is 13.3. The van der Waals surface area contributed by atoms with Crippen molar-refractivity contribution in [2.45, 2.75) is 31.7 Å². The number of hydrogen-bond donors (Lipinski definition) is 4. The normalized spacial score (nSPS) is 19.7. The monoisotopic (exact) mass is 354 g/mol. The van der Waals surface area contributed by atoms with E-state index in [1.807, 2.05) is 0 Å². The minimum Gasteiger partial charge on any atom is -0.368 e. The van der Waals surface area contributed by atoms with Gasteiger partial charge in [-0.25, -0.2) is 0 Å². The standard InChI is InChI=1S/C16H22N4O3.ClH/c17-12-5-1-3-10(7-12)16(23)20-13-6-2-4-11(8-13)15(22)19-9-14(18)21;/h2,4,6,8,10,12H,1,3,5,7,9,17H2,(H2,18,21)(H,19,22)(H,20,23);1H. The van der Waals surface area contributed by atoms with Gasteiger partial charge in [-0.3, -0.25) is 14.4 Å². The first kappa shape index (κ1) is 19.9. The molecule has 3 amide bonds. The molecule has 1 fully saturated rings. The molecule has 0 bridgehead atoms. The van der Waals surface area contributed by atoms with Gasteiger partial charge in [-0.05, 0) is 37.5 Å². The molecule has 0 aliphatic heterocycles.